The standard InChI is InChI=1S/C6H11NOS/c1-6(8)7-4-2-3-5-9-7/h2-5H2,1H3. The predicted molar refractivity (Wildman–Crippen MR) is 39.1 cm³/mol. The number of rotatable bonds is 0. The Hall–Kier alpha value is -0.180. The Balaban J connectivity index is 2.31. The van der Waals surface area contributed by atoms with E-state index in [2.05, 4.69) is 0 Å². The Bertz CT molecular complexity index is 110. The van der Waals surface area contributed by atoms with Gasteiger partial charge in [0.05, 0.1) is 0 Å². The van der Waals surface area contributed by atoms with Crippen molar-refractivity contribution in [2.24, 2.45) is 0 Å². The number of amides is 1. The van der Waals surface area contributed by atoms with Crippen LogP contribution in [0.1, 0.15) is 19.8 Å². The zero-order valence-electron chi connectivity index (χ0n) is 5.59. The molecule has 2 nitrogen and oxygen atoms in total. The van der Waals surface area contributed by atoms with E-state index in [-0.39, 0.29) is 5.91 Å². The van der Waals surface area contributed by atoms with Gasteiger partial charge < -0.3 is 0 Å². The molecule has 1 heterocycles. The molecule has 3 heteroatoms. The smallest absolute Gasteiger partial charge is 0.229 e. The lowest BCUT2D eigenvalue weighted by molar-refractivity contribution is -0.124. The van der Waals surface area contributed by atoms with E-state index < -0.39 is 0 Å². The van der Waals surface area contributed by atoms with Crippen molar-refractivity contribution in [2.45, 2.75) is 19.8 Å². The van der Waals surface area contributed by atoms with Gasteiger partial charge in [-0.15, -0.1) is 0 Å². The molecule has 0 aromatic rings. The van der Waals surface area contributed by atoms with E-state index in [0.717, 1.165) is 12.3 Å². The molecule has 0 unspecified atom stereocenters. The first-order valence-corrected chi connectivity index (χ1v) is 4.16. The van der Waals surface area contributed by atoms with E-state index >= 15 is 0 Å². The van der Waals surface area contributed by atoms with Gasteiger partial charge in [-0.05, 0) is 24.8 Å². The minimum Gasteiger partial charge on any atom is -0.287 e. The summed E-state index contributed by atoms with van der Waals surface area (Å²) in [7, 11) is 0. The lowest BCUT2D eigenvalue weighted by atomic mass is 10.3. The first kappa shape index (κ1) is 6.93. The SMILES string of the molecule is CC(=O)N1CCCCS1. The summed E-state index contributed by atoms with van der Waals surface area (Å²) in [6.07, 6.45) is 2.43. The average Bonchev–Trinajstić information content (AvgIpc) is 1.90. The van der Waals surface area contributed by atoms with Gasteiger partial charge in [0, 0.05) is 19.2 Å². The van der Waals surface area contributed by atoms with Crippen LogP contribution in [0.15, 0.2) is 0 Å². The Morgan fingerprint density at radius 2 is 2.33 bits per heavy atom. The van der Waals surface area contributed by atoms with Crippen molar-refractivity contribution in [3.05, 3.63) is 0 Å². The summed E-state index contributed by atoms with van der Waals surface area (Å²) in [4.78, 5) is 10.7. The number of carbonyl (C=O) groups excluding carboxylic acids is 1. The summed E-state index contributed by atoms with van der Waals surface area (Å²) in [5.41, 5.74) is 0. The van der Waals surface area contributed by atoms with Gasteiger partial charge in [0.15, 0.2) is 0 Å². The molecule has 0 radical (unpaired) electrons. The second-order valence-corrected chi connectivity index (χ2v) is 3.27. The number of hydrogen-bond acceptors (Lipinski definition) is 2. The molecule has 1 amide bonds. The van der Waals surface area contributed by atoms with Gasteiger partial charge in [-0.2, -0.15) is 0 Å². The first-order valence-electron chi connectivity index (χ1n) is 3.22. The number of hydrogen-bond donors (Lipinski definition) is 0. The first-order chi connectivity index (χ1) is 4.30. The Labute approximate surface area is 59.7 Å². The monoisotopic (exact) mass is 145 g/mol. The van der Waals surface area contributed by atoms with Crippen LogP contribution in [0.4, 0.5) is 0 Å². The Morgan fingerprint density at radius 3 is 2.67 bits per heavy atom. The maximum atomic E-state index is 10.7. The van der Waals surface area contributed by atoms with E-state index in [4.69, 9.17) is 0 Å². The topological polar surface area (TPSA) is 20.3 Å². The fraction of sp³-hybridized carbons (Fsp3) is 0.833. The fourth-order valence-electron chi connectivity index (χ4n) is 0.845. The van der Waals surface area contributed by atoms with E-state index in [9.17, 15) is 4.79 Å². The highest BCUT2D eigenvalue weighted by Crippen LogP contribution is 2.18. The third kappa shape index (κ3) is 1.90. The largest absolute Gasteiger partial charge is 0.287 e. The van der Waals surface area contributed by atoms with Gasteiger partial charge in [0.1, 0.15) is 0 Å². The highest BCUT2D eigenvalue weighted by Gasteiger charge is 2.12. The van der Waals surface area contributed by atoms with E-state index in [1.54, 1.807) is 18.9 Å². The van der Waals surface area contributed by atoms with Crippen LogP contribution in [0.3, 0.4) is 0 Å². The zero-order valence-corrected chi connectivity index (χ0v) is 6.41. The van der Waals surface area contributed by atoms with Crippen LogP contribution in [0.5, 0.6) is 0 Å². The molecular formula is C6H11NOS. The molecule has 0 bridgehead atoms. The zero-order chi connectivity index (χ0) is 6.69. The molecule has 0 spiro atoms. The van der Waals surface area contributed by atoms with Crippen LogP contribution in [0, 0.1) is 0 Å². The Morgan fingerprint density at radius 1 is 1.56 bits per heavy atom. The third-order valence-corrected chi connectivity index (χ3v) is 2.58. The van der Waals surface area contributed by atoms with Crippen LogP contribution in [0.2, 0.25) is 0 Å². The summed E-state index contributed by atoms with van der Waals surface area (Å²) in [6.45, 7) is 2.57. The van der Waals surface area contributed by atoms with Crippen molar-refractivity contribution < 1.29 is 4.79 Å². The summed E-state index contributed by atoms with van der Waals surface area (Å²) < 4.78 is 1.84. The molecule has 0 aromatic heterocycles. The maximum Gasteiger partial charge on any atom is 0.229 e. The molecule has 1 aliphatic rings. The van der Waals surface area contributed by atoms with Crippen molar-refractivity contribution in [3.8, 4) is 0 Å². The van der Waals surface area contributed by atoms with E-state index in [1.807, 2.05) is 4.31 Å². The van der Waals surface area contributed by atoms with Gasteiger partial charge in [-0.25, -0.2) is 0 Å². The van der Waals surface area contributed by atoms with Gasteiger partial charge >= 0.3 is 0 Å². The highest BCUT2D eigenvalue weighted by molar-refractivity contribution is 7.97. The van der Waals surface area contributed by atoms with Crippen LogP contribution >= 0.6 is 11.9 Å². The van der Waals surface area contributed by atoms with Gasteiger partial charge in [-0.3, -0.25) is 9.10 Å². The normalized spacial score (nSPS) is 19.9. The highest BCUT2D eigenvalue weighted by atomic mass is 32.2. The Kier molecular flexibility index (Phi) is 2.39. The molecule has 1 fully saturated rings. The third-order valence-electron chi connectivity index (χ3n) is 1.35. The van der Waals surface area contributed by atoms with E-state index in [1.165, 1.54) is 12.8 Å². The molecule has 0 N–H and O–H groups in total. The molecule has 52 valence electrons. The van der Waals surface area contributed by atoms with Crippen molar-refractivity contribution in [1.29, 1.82) is 0 Å². The van der Waals surface area contributed by atoms with Crippen LogP contribution in [0.25, 0.3) is 0 Å². The summed E-state index contributed by atoms with van der Waals surface area (Å²) >= 11 is 1.66. The molecule has 1 aliphatic heterocycles. The quantitative estimate of drug-likeness (QED) is 0.478. The minimum absolute atomic E-state index is 0.194. The molecule has 0 aromatic carbocycles. The lowest BCUT2D eigenvalue weighted by Gasteiger charge is -2.23. The number of carbonyl (C=O) groups is 1. The van der Waals surface area contributed by atoms with Gasteiger partial charge in [-0.1, -0.05) is 0 Å². The molecule has 0 atom stereocenters. The molecule has 1 rings (SSSR count). The van der Waals surface area contributed by atoms with Crippen LogP contribution in [-0.4, -0.2) is 22.5 Å². The minimum atomic E-state index is 0.194. The average molecular weight is 145 g/mol. The molecular weight excluding hydrogens is 134 g/mol. The van der Waals surface area contributed by atoms with Crippen molar-refractivity contribution >= 4 is 17.9 Å². The van der Waals surface area contributed by atoms with Crippen molar-refractivity contribution in [3.63, 3.8) is 0 Å². The maximum absolute atomic E-state index is 10.7. The van der Waals surface area contributed by atoms with Gasteiger partial charge in [0.2, 0.25) is 5.91 Å². The second-order valence-electron chi connectivity index (χ2n) is 2.16. The molecule has 0 saturated carbocycles. The van der Waals surface area contributed by atoms with Crippen molar-refractivity contribution in [2.75, 3.05) is 12.3 Å². The van der Waals surface area contributed by atoms with E-state index in [0.29, 0.717) is 0 Å². The summed E-state index contributed by atoms with van der Waals surface area (Å²) in [5, 5.41) is 0. The molecule has 1 saturated heterocycles. The van der Waals surface area contributed by atoms with Crippen LogP contribution in [-0.2, 0) is 4.79 Å². The molecule has 9 heavy (non-hydrogen) atoms. The summed E-state index contributed by atoms with van der Waals surface area (Å²) in [5.74, 6) is 1.30. The van der Waals surface area contributed by atoms with Crippen molar-refractivity contribution in [1.82, 2.24) is 4.31 Å². The lowest BCUT2D eigenvalue weighted by Crippen LogP contribution is -2.26. The number of nitrogens with zero attached hydrogens (tertiary/aromatic N) is 1. The second kappa shape index (κ2) is 3.11. The summed E-state index contributed by atoms with van der Waals surface area (Å²) in [6, 6.07) is 0. The predicted octanol–water partition coefficient (Wildman–Crippen LogP) is 1.28. The van der Waals surface area contributed by atoms with Crippen LogP contribution < -0.4 is 0 Å². The molecule has 0 aliphatic carbocycles. The fourth-order valence-corrected chi connectivity index (χ4v) is 1.84. The van der Waals surface area contributed by atoms with Gasteiger partial charge in [0.25, 0.3) is 0 Å².